The molecule has 25 heavy (non-hydrogen) atoms. The predicted molar refractivity (Wildman–Crippen MR) is 101 cm³/mol. The zero-order chi connectivity index (χ0) is 18.1. The Morgan fingerprint density at radius 2 is 2.04 bits per heavy atom. The van der Waals surface area contributed by atoms with E-state index in [9.17, 15) is 4.79 Å². The highest BCUT2D eigenvalue weighted by Crippen LogP contribution is 2.13. The lowest BCUT2D eigenvalue weighted by Gasteiger charge is -2.13. The molecule has 0 atom stereocenters. The van der Waals surface area contributed by atoms with Crippen LogP contribution in [-0.4, -0.2) is 25.0 Å². The van der Waals surface area contributed by atoms with Crippen LogP contribution in [-0.2, 0) is 6.54 Å². The van der Waals surface area contributed by atoms with Gasteiger partial charge in [-0.3, -0.25) is 4.79 Å². The fourth-order valence-electron chi connectivity index (χ4n) is 2.16. The van der Waals surface area contributed by atoms with Gasteiger partial charge in [-0.25, -0.2) is 4.99 Å². The molecule has 0 aliphatic rings. The summed E-state index contributed by atoms with van der Waals surface area (Å²) < 4.78 is 5.10. The Labute approximate surface area is 148 Å². The first kappa shape index (κ1) is 18.6. The van der Waals surface area contributed by atoms with Gasteiger partial charge in [0.15, 0.2) is 11.7 Å². The first-order valence-electron chi connectivity index (χ1n) is 8.54. The van der Waals surface area contributed by atoms with Gasteiger partial charge < -0.3 is 20.4 Å². The van der Waals surface area contributed by atoms with E-state index in [2.05, 4.69) is 34.8 Å². The zero-order valence-electron chi connectivity index (χ0n) is 15.0. The third kappa shape index (κ3) is 6.33. The molecular weight excluding hydrogens is 316 g/mol. The van der Waals surface area contributed by atoms with Crippen LogP contribution in [0.4, 0.5) is 5.69 Å². The number of guanidine groups is 1. The molecule has 1 aromatic carbocycles. The van der Waals surface area contributed by atoms with Crippen molar-refractivity contribution in [2.75, 3.05) is 18.4 Å². The number of carbonyl (C=O) groups is 1. The highest BCUT2D eigenvalue weighted by atomic mass is 16.3. The number of aliphatic imine (C=N–C) groups is 1. The van der Waals surface area contributed by atoms with Crippen molar-refractivity contribution in [3.8, 4) is 0 Å². The van der Waals surface area contributed by atoms with Crippen LogP contribution in [0.5, 0.6) is 0 Å². The first-order valence-corrected chi connectivity index (χ1v) is 8.54. The van der Waals surface area contributed by atoms with Crippen LogP contribution in [0.15, 0.2) is 52.1 Å². The quantitative estimate of drug-likeness (QED) is 0.533. The molecule has 134 valence electrons. The molecule has 2 aromatic rings. The molecule has 2 rings (SSSR count). The lowest BCUT2D eigenvalue weighted by Crippen LogP contribution is -2.39. The van der Waals surface area contributed by atoms with Gasteiger partial charge in [0.25, 0.3) is 5.91 Å². The molecule has 3 N–H and O–H groups in total. The molecule has 0 bridgehead atoms. The van der Waals surface area contributed by atoms with Crippen molar-refractivity contribution in [3.63, 3.8) is 0 Å². The van der Waals surface area contributed by atoms with Crippen molar-refractivity contribution in [2.24, 2.45) is 10.9 Å². The molecule has 1 heterocycles. The molecule has 0 spiro atoms. The molecule has 0 saturated heterocycles. The Morgan fingerprint density at radius 1 is 1.20 bits per heavy atom. The van der Waals surface area contributed by atoms with Gasteiger partial charge in [0.1, 0.15) is 0 Å². The van der Waals surface area contributed by atoms with E-state index in [1.807, 2.05) is 31.2 Å². The smallest absolute Gasteiger partial charge is 0.291 e. The number of hydrogen-bond acceptors (Lipinski definition) is 3. The number of carbonyl (C=O) groups excluding carboxylic acids is 1. The minimum absolute atomic E-state index is 0.266. The standard InChI is InChI=1S/C19H26N4O2/c1-4-20-19(21-12-14(2)3)22-13-15-7-5-8-16(11-15)23-18(24)17-9-6-10-25-17/h5-11,14H,4,12-13H2,1-3H3,(H,23,24)(H2,20,21,22). The third-order valence-electron chi connectivity index (χ3n) is 3.37. The first-order chi connectivity index (χ1) is 12.1. The van der Waals surface area contributed by atoms with Gasteiger partial charge in [0, 0.05) is 18.8 Å². The average molecular weight is 342 g/mol. The second kappa shape index (κ2) is 9.52. The summed E-state index contributed by atoms with van der Waals surface area (Å²) >= 11 is 0. The highest BCUT2D eigenvalue weighted by Gasteiger charge is 2.08. The summed E-state index contributed by atoms with van der Waals surface area (Å²) in [6.07, 6.45) is 1.48. The van der Waals surface area contributed by atoms with Gasteiger partial charge in [-0.15, -0.1) is 0 Å². The lowest BCUT2D eigenvalue weighted by molar-refractivity contribution is 0.0996. The van der Waals surface area contributed by atoms with Gasteiger partial charge in [-0.2, -0.15) is 0 Å². The molecule has 0 saturated carbocycles. The molecule has 0 aliphatic heterocycles. The third-order valence-corrected chi connectivity index (χ3v) is 3.37. The topological polar surface area (TPSA) is 78.7 Å². The van der Waals surface area contributed by atoms with Crippen LogP contribution in [0.25, 0.3) is 0 Å². The fourth-order valence-corrected chi connectivity index (χ4v) is 2.16. The van der Waals surface area contributed by atoms with Gasteiger partial charge in [0.2, 0.25) is 0 Å². The minimum atomic E-state index is -0.266. The summed E-state index contributed by atoms with van der Waals surface area (Å²) in [6.45, 7) is 8.55. The maximum atomic E-state index is 12.0. The van der Waals surface area contributed by atoms with Crippen molar-refractivity contribution in [2.45, 2.75) is 27.3 Å². The summed E-state index contributed by atoms with van der Waals surface area (Å²) in [6, 6.07) is 11.0. The molecule has 0 radical (unpaired) electrons. The summed E-state index contributed by atoms with van der Waals surface area (Å²) in [4.78, 5) is 16.6. The number of anilines is 1. The zero-order valence-corrected chi connectivity index (χ0v) is 15.0. The average Bonchev–Trinajstić information content (AvgIpc) is 3.12. The predicted octanol–water partition coefficient (Wildman–Crippen LogP) is 3.24. The Kier molecular flexibility index (Phi) is 7.07. The number of rotatable bonds is 7. The number of nitrogens with zero attached hydrogens (tertiary/aromatic N) is 1. The maximum absolute atomic E-state index is 12.0. The van der Waals surface area contributed by atoms with Crippen molar-refractivity contribution >= 4 is 17.6 Å². The molecule has 1 amide bonds. The van der Waals surface area contributed by atoms with Gasteiger partial charge >= 0.3 is 0 Å². The van der Waals surface area contributed by atoms with Crippen LogP contribution >= 0.6 is 0 Å². The van der Waals surface area contributed by atoms with Crippen LogP contribution in [0, 0.1) is 5.92 Å². The van der Waals surface area contributed by atoms with E-state index < -0.39 is 0 Å². The van der Waals surface area contributed by atoms with Crippen molar-refractivity contribution in [1.82, 2.24) is 10.6 Å². The van der Waals surface area contributed by atoms with Crippen LogP contribution in [0.1, 0.15) is 36.9 Å². The summed E-state index contributed by atoms with van der Waals surface area (Å²) in [5.74, 6) is 1.36. The lowest BCUT2D eigenvalue weighted by atomic mass is 10.2. The molecule has 6 nitrogen and oxygen atoms in total. The van der Waals surface area contributed by atoms with Crippen molar-refractivity contribution in [3.05, 3.63) is 54.0 Å². The van der Waals surface area contributed by atoms with Crippen molar-refractivity contribution < 1.29 is 9.21 Å². The van der Waals surface area contributed by atoms with Gasteiger partial charge in [-0.1, -0.05) is 26.0 Å². The van der Waals surface area contributed by atoms with Crippen LogP contribution < -0.4 is 16.0 Å². The Morgan fingerprint density at radius 3 is 2.72 bits per heavy atom. The fraction of sp³-hybridized carbons (Fsp3) is 0.368. The molecule has 0 unspecified atom stereocenters. The second-order valence-corrected chi connectivity index (χ2v) is 6.10. The van der Waals surface area contributed by atoms with E-state index in [4.69, 9.17) is 4.42 Å². The number of amides is 1. The molecule has 0 fully saturated rings. The monoisotopic (exact) mass is 342 g/mol. The maximum Gasteiger partial charge on any atom is 0.291 e. The van der Waals surface area contributed by atoms with Crippen LogP contribution in [0.3, 0.4) is 0 Å². The number of furan rings is 1. The molecule has 1 aromatic heterocycles. The van der Waals surface area contributed by atoms with E-state index in [0.717, 1.165) is 24.6 Å². The second-order valence-electron chi connectivity index (χ2n) is 6.10. The summed E-state index contributed by atoms with van der Waals surface area (Å²) in [5.41, 5.74) is 1.73. The van der Waals surface area contributed by atoms with E-state index in [1.54, 1.807) is 12.1 Å². The highest BCUT2D eigenvalue weighted by molar-refractivity contribution is 6.02. The SMILES string of the molecule is CCNC(=NCc1cccc(NC(=O)c2ccco2)c1)NCC(C)C. The molecular formula is C19H26N4O2. The van der Waals surface area contributed by atoms with Crippen LogP contribution in [0.2, 0.25) is 0 Å². The number of nitrogens with one attached hydrogen (secondary N) is 3. The Bertz CT molecular complexity index is 693. The van der Waals surface area contributed by atoms with E-state index in [-0.39, 0.29) is 11.7 Å². The Hall–Kier alpha value is -2.76. The minimum Gasteiger partial charge on any atom is -0.459 e. The largest absolute Gasteiger partial charge is 0.459 e. The van der Waals surface area contributed by atoms with Crippen molar-refractivity contribution in [1.29, 1.82) is 0 Å². The molecule has 0 aliphatic carbocycles. The number of benzene rings is 1. The van der Waals surface area contributed by atoms with Gasteiger partial charge in [0.05, 0.1) is 12.8 Å². The molecule has 6 heteroatoms. The summed E-state index contributed by atoms with van der Waals surface area (Å²) in [7, 11) is 0. The number of hydrogen-bond donors (Lipinski definition) is 3. The van der Waals surface area contributed by atoms with E-state index >= 15 is 0 Å². The van der Waals surface area contributed by atoms with E-state index in [1.165, 1.54) is 6.26 Å². The van der Waals surface area contributed by atoms with Gasteiger partial charge in [-0.05, 0) is 42.7 Å². The normalized spacial score (nSPS) is 11.4. The van der Waals surface area contributed by atoms with E-state index in [0.29, 0.717) is 18.2 Å². The summed E-state index contributed by atoms with van der Waals surface area (Å²) in [5, 5.41) is 9.37. The Balaban J connectivity index is 1.99.